The first-order valence-electron chi connectivity index (χ1n) is 11.4. The van der Waals surface area contributed by atoms with Crippen molar-refractivity contribution in [1.29, 1.82) is 5.41 Å². The van der Waals surface area contributed by atoms with Gasteiger partial charge in [-0.3, -0.25) is 9.79 Å². The average molecular weight is 468 g/mol. The molecule has 0 bridgehead atoms. The summed E-state index contributed by atoms with van der Waals surface area (Å²) in [6, 6.07) is 21.5. The Balaban J connectivity index is 1.69. The lowest BCUT2D eigenvalue weighted by Crippen LogP contribution is -2.19. The molecule has 178 valence electrons. The number of ether oxygens (including phenoxy) is 1. The van der Waals surface area contributed by atoms with E-state index in [1.807, 2.05) is 55.5 Å². The highest BCUT2D eigenvalue weighted by atomic mass is 16.5. The van der Waals surface area contributed by atoms with Gasteiger partial charge in [0, 0.05) is 40.5 Å². The van der Waals surface area contributed by atoms with Crippen molar-refractivity contribution in [2.45, 2.75) is 26.2 Å². The molecule has 0 saturated heterocycles. The quantitative estimate of drug-likeness (QED) is 0.202. The van der Waals surface area contributed by atoms with Crippen LogP contribution < -0.4 is 16.2 Å². The van der Waals surface area contributed by atoms with Crippen molar-refractivity contribution in [2.24, 2.45) is 10.7 Å². The zero-order valence-corrected chi connectivity index (χ0v) is 19.8. The van der Waals surface area contributed by atoms with Gasteiger partial charge in [0.2, 0.25) is 5.91 Å². The average Bonchev–Trinajstić information content (AvgIpc) is 3.22. The molecule has 0 aliphatic rings. The standard InChI is InChI=1S/C28H29N5O2/c1-17(28(31)34)26-27(25-22(16-29)23(30)11-12-24(25)33-26)32-18(2)20-9-6-10-21(15-20)35-14-13-19-7-4-3-5-8-19/h3-12,15-17,29,33H,13-14,30H2,1-2H3,(H2,31,34). The van der Waals surface area contributed by atoms with Gasteiger partial charge in [-0.25, -0.2) is 0 Å². The predicted molar refractivity (Wildman–Crippen MR) is 142 cm³/mol. The number of anilines is 1. The third kappa shape index (κ3) is 5.09. The van der Waals surface area contributed by atoms with Crippen LogP contribution in [-0.4, -0.2) is 29.4 Å². The molecule has 0 aliphatic heterocycles. The third-order valence-corrected chi connectivity index (χ3v) is 6.08. The second-order valence-corrected chi connectivity index (χ2v) is 8.46. The molecule has 0 spiro atoms. The number of nitrogens with zero attached hydrogens (tertiary/aromatic N) is 1. The van der Waals surface area contributed by atoms with Gasteiger partial charge in [-0.1, -0.05) is 42.5 Å². The number of rotatable bonds is 9. The van der Waals surface area contributed by atoms with Gasteiger partial charge in [-0.15, -0.1) is 0 Å². The molecule has 4 rings (SSSR count). The van der Waals surface area contributed by atoms with Crippen molar-refractivity contribution in [1.82, 2.24) is 4.98 Å². The number of carbonyl (C=O) groups excluding carboxylic acids is 1. The normalized spacial score (nSPS) is 12.5. The van der Waals surface area contributed by atoms with E-state index in [0.717, 1.165) is 29.0 Å². The minimum Gasteiger partial charge on any atom is -0.493 e. The second kappa shape index (κ2) is 10.3. The van der Waals surface area contributed by atoms with Gasteiger partial charge >= 0.3 is 0 Å². The number of aromatic nitrogens is 1. The van der Waals surface area contributed by atoms with Crippen LogP contribution in [0.5, 0.6) is 5.75 Å². The first-order valence-corrected chi connectivity index (χ1v) is 11.4. The first-order chi connectivity index (χ1) is 16.9. The van der Waals surface area contributed by atoms with Gasteiger partial charge in [-0.05, 0) is 49.2 Å². The number of hydrogen-bond acceptors (Lipinski definition) is 5. The van der Waals surface area contributed by atoms with Crippen LogP contribution in [0.3, 0.4) is 0 Å². The van der Waals surface area contributed by atoms with E-state index in [4.69, 9.17) is 26.6 Å². The van der Waals surface area contributed by atoms with Crippen LogP contribution in [0.4, 0.5) is 11.4 Å². The monoisotopic (exact) mass is 467 g/mol. The molecule has 1 aromatic heterocycles. The number of hydrogen-bond donors (Lipinski definition) is 4. The zero-order valence-electron chi connectivity index (χ0n) is 19.8. The maximum absolute atomic E-state index is 12.0. The van der Waals surface area contributed by atoms with E-state index in [1.54, 1.807) is 13.0 Å². The Hall–Kier alpha value is -4.39. The molecule has 1 atom stereocenters. The third-order valence-electron chi connectivity index (χ3n) is 6.08. The molecular formula is C28H29N5O2. The Kier molecular flexibility index (Phi) is 6.96. The van der Waals surface area contributed by atoms with Crippen molar-refractivity contribution < 1.29 is 9.53 Å². The summed E-state index contributed by atoms with van der Waals surface area (Å²) in [7, 11) is 0. The maximum Gasteiger partial charge on any atom is 0.226 e. The molecule has 7 nitrogen and oxygen atoms in total. The Bertz CT molecular complexity index is 1410. The number of carbonyl (C=O) groups is 1. The van der Waals surface area contributed by atoms with Crippen molar-refractivity contribution in [3.8, 4) is 5.75 Å². The molecule has 0 radical (unpaired) electrons. The Morgan fingerprint density at radius 1 is 1.14 bits per heavy atom. The summed E-state index contributed by atoms with van der Waals surface area (Å²) in [6.45, 7) is 4.20. The van der Waals surface area contributed by atoms with Crippen LogP contribution >= 0.6 is 0 Å². The summed E-state index contributed by atoms with van der Waals surface area (Å²) < 4.78 is 5.98. The van der Waals surface area contributed by atoms with Crippen LogP contribution in [0.2, 0.25) is 0 Å². The molecule has 0 aliphatic carbocycles. The fourth-order valence-electron chi connectivity index (χ4n) is 4.04. The number of fused-ring (bicyclic) bond motifs is 1. The van der Waals surface area contributed by atoms with Crippen molar-refractivity contribution in [2.75, 3.05) is 12.3 Å². The highest BCUT2D eigenvalue weighted by Crippen LogP contribution is 2.39. The highest BCUT2D eigenvalue weighted by molar-refractivity contribution is 6.12. The number of aliphatic imine (C=N–C) groups is 1. The van der Waals surface area contributed by atoms with Crippen molar-refractivity contribution >= 4 is 40.1 Å². The molecule has 0 saturated carbocycles. The summed E-state index contributed by atoms with van der Waals surface area (Å²) in [5.74, 6) is -0.313. The van der Waals surface area contributed by atoms with E-state index >= 15 is 0 Å². The molecule has 4 aromatic rings. The number of H-pyrrole nitrogens is 1. The molecule has 6 N–H and O–H groups in total. The van der Waals surface area contributed by atoms with Crippen molar-refractivity contribution in [3.63, 3.8) is 0 Å². The number of nitrogens with two attached hydrogens (primary N) is 2. The number of nitrogen functional groups attached to an aromatic ring is 1. The molecule has 1 heterocycles. The molecule has 3 aromatic carbocycles. The number of nitrogens with one attached hydrogen (secondary N) is 2. The number of aromatic amines is 1. The maximum atomic E-state index is 12.0. The van der Waals surface area contributed by atoms with Gasteiger partial charge in [0.05, 0.1) is 23.9 Å². The minimum atomic E-state index is -0.596. The summed E-state index contributed by atoms with van der Waals surface area (Å²) >= 11 is 0. The predicted octanol–water partition coefficient (Wildman–Crippen LogP) is 5.10. The van der Waals surface area contributed by atoms with E-state index in [0.29, 0.717) is 34.6 Å². The van der Waals surface area contributed by atoms with E-state index in [9.17, 15) is 4.79 Å². The smallest absolute Gasteiger partial charge is 0.226 e. The summed E-state index contributed by atoms with van der Waals surface area (Å²) in [6.07, 6.45) is 2.02. The van der Waals surface area contributed by atoms with Crippen molar-refractivity contribution in [3.05, 3.63) is 89.1 Å². The number of primary amides is 1. The van der Waals surface area contributed by atoms with E-state index < -0.39 is 11.8 Å². The first kappa shape index (κ1) is 23.8. The van der Waals surface area contributed by atoms with Crippen LogP contribution in [0.25, 0.3) is 10.9 Å². The zero-order chi connectivity index (χ0) is 24.9. The van der Waals surface area contributed by atoms with Gasteiger partial charge in [-0.2, -0.15) is 0 Å². The van der Waals surface area contributed by atoms with Gasteiger partial charge in [0.1, 0.15) is 5.75 Å². The number of amides is 1. The molecule has 7 heteroatoms. The van der Waals surface area contributed by atoms with Crippen LogP contribution in [0.1, 0.15) is 42.1 Å². The Morgan fingerprint density at radius 3 is 2.63 bits per heavy atom. The second-order valence-electron chi connectivity index (χ2n) is 8.46. The molecule has 1 unspecified atom stereocenters. The van der Waals surface area contributed by atoms with Gasteiger partial charge < -0.3 is 26.6 Å². The van der Waals surface area contributed by atoms with E-state index in [-0.39, 0.29) is 0 Å². The number of benzene rings is 3. The molecule has 1 amide bonds. The Morgan fingerprint density at radius 2 is 1.91 bits per heavy atom. The largest absolute Gasteiger partial charge is 0.493 e. The van der Waals surface area contributed by atoms with Gasteiger partial charge in [0.25, 0.3) is 0 Å². The van der Waals surface area contributed by atoms with Crippen LogP contribution in [-0.2, 0) is 11.2 Å². The van der Waals surface area contributed by atoms with E-state index in [1.165, 1.54) is 11.8 Å². The lowest BCUT2D eigenvalue weighted by Gasteiger charge is -2.10. The minimum absolute atomic E-state index is 0.465. The Labute approximate surface area is 204 Å². The van der Waals surface area contributed by atoms with Crippen LogP contribution in [0, 0.1) is 5.41 Å². The lowest BCUT2D eigenvalue weighted by molar-refractivity contribution is -0.119. The fourth-order valence-corrected chi connectivity index (χ4v) is 4.04. The highest BCUT2D eigenvalue weighted by Gasteiger charge is 2.23. The fraction of sp³-hybridized carbons (Fsp3) is 0.179. The van der Waals surface area contributed by atoms with Gasteiger partial charge in [0.15, 0.2) is 0 Å². The van der Waals surface area contributed by atoms with Crippen LogP contribution in [0.15, 0.2) is 71.7 Å². The molecular weight excluding hydrogens is 438 g/mol. The summed E-state index contributed by atoms with van der Waals surface area (Å²) in [5, 5.41) is 8.58. The molecule has 0 fully saturated rings. The summed E-state index contributed by atoms with van der Waals surface area (Å²) in [4.78, 5) is 20.2. The topological polar surface area (TPSA) is 130 Å². The van der Waals surface area contributed by atoms with E-state index in [2.05, 4.69) is 17.1 Å². The lowest BCUT2D eigenvalue weighted by atomic mass is 10.0. The summed E-state index contributed by atoms with van der Waals surface area (Å²) in [5.41, 5.74) is 17.5. The SMILES string of the molecule is CC(=Nc1c(C(C)C(N)=O)[nH]c2ccc(N)c(C=N)c12)c1cccc(OCCc2ccccc2)c1. The molecule has 35 heavy (non-hydrogen) atoms.